The zero-order valence-electron chi connectivity index (χ0n) is 25.6. The molecule has 0 saturated carbocycles. The molecule has 1 aliphatic rings. The molecule has 0 fully saturated rings. The van der Waals surface area contributed by atoms with Gasteiger partial charge in [0.05, 0.1) is 49.3 Å². The molecule has 234 valence electrons. The number of benzene rings is 3. The van der Waals surface area contributed by atoms with E-state index in [1.165, 1.54) is 11.3 Å². The number of nitrogens with zero attached hydrogens (tertiary/aromatic N) is 2. The van der Waals surface area contributed by atoms with Gasteiger partial charge in [0.15, 0.2) is 16.3 Å². The number of hydrogen-bond donors (Lipinski definition) is 0. The summed E-state index contributed by atoms with van der Waals surface area (Å²) in [7, 11) is 3.18. The van der Waals surface area contributed by atoms with Gasteiger partial charge >= 0.3 is 5.97 Å². The lowest BCUT2D eigenvalue weighted by Gasteiger charge is -2.26. The molecule has 4 aromatic rings. The molecule has 45 heavy (non-hydrogen) atoms. The number of carbonyl (C=O) groups excluding carboxylic acids is 1. The minimum absolute atomic E-state index is 0.181. The van der Waals surface area contributed by atoms with E-state index in [0.29, 0.717) is 55.5 Å². The molecule has 0 aliphatic carbocycles. The largest absolute Gasteiger partial charge is 0.497 e. The number of fused-ring (bicyclic) bond motifs is 1. The zero-order chi connectivity index (χ0) is 32.1. The summed E-state index contributed by atoms with van der Waals surface area (Å²) < 4.78 is 30.6. The van der Waals surface area contributed by atoms with Crippen molar-refractivity contribution in [1.82, 2.24) is 4.57 Å². The topological polar surface area (TPSA) is 97.6 Å². The molecule has 0 amide bonds. The highest BCUT2D eigenvalue weighted by molar-refractivity contribution is 9.10. The number of hydrogen-bond acceptors (Lipinski definition) is 9. The smallest absolute Gasteiger partial charge is 0.338 e. The molecule has 0 spiro atoms. The highest BCUT2D eigenvalue weighted by Crippen LogP contribution is 2.41. The minimum atomic E-state index is -0.810. The first-order valence-electron chi connectivity index (χ1n) is 14.3. The van der Waals surface area contributed by atoms with E-state index in [-0.39, 0.29) is 17.7 Å². The van der Waals surface area contributed by atoms with Crippen LogP contribution in [-0.2, 0) is 16.1 Å². The molecule has 9 nitrogen and oxygen atoms in total. The lowest BCUT2D eigenvalue weighted by molar-refractivity contribution is -0.139. The van der Waals surface area contributed by atoms with Crippen LogP contribution in [0, 0.1) is 0 Å². The van der Waals surface area contributed by atoms with Crippen LogP contribution in [0.5, 0.6) is 23.0 Å². The van der Waals surface area contributed by atoms with E-state index >= 15 is 0 Å². The van der Waals surface area contributed by atoms with Crippen LogP contribution in [0.3, 0.4) is 0 Å². The van der Waals surface area contributed by atoms with Crippen molar-refractivity contribution in [2.24, 2.45) is 4.99 Å². The van der Waals surface area contributed by atoms with Crippen LogP contribution in [0.15, 0.2) is 86.2 Å². The maximum absolute atomic E-state index is 14.0. The van der Waals surface area contributed by atoms with Gasteiger partial charge in [0.2, 0.25) is 0 Å². The molecule has 0 radical (unpaired) electrons. The summed E-state index contributed by atoms with van der Waals surface area (Å²) in [5, 5.41) is 0. The van der Waals surface area contributed by atoms with Crippen molar-refractivity contribution >= 4 is 39.3 Å². The summed E-state index contributed by atoms with van der Waals surface area (Å²) in [5.74, 6) is 1.97. The Kier molecular flexibility index (Phi) is 10.1. The number of allylic oxidation sites excluding steroid dienone is 1. The average molecular weight is 694 g/mol. The second-order valence-electron chi connectivity index (χ2n) is 9.97. The van der Waals surface area contributed by atoms with E-state index in [0.717, 1.165) is 16.9 Å². The van der Waals surface area contributed by atoms with E-state index in [1.807, 2.05) is 61.5 Å². The Morgan fingerprint density at radius 2 is 1.67 bits per heavy atom. The maximum Gasteiger partial charge on any atom is 0.338 e. The van der Waals surface area contributed by atoms with Gasteiger partial charge in [-0.2, -0.15) is 0 Å². The van der Waals surface area contributed by atoms with Crippen LogP contribution in [-0.4, -0.2) is 38.0 Å². The van der Waals surface area contributed by atoms with Crippen molar-refractivity contribution in [3.8, 4) is 23.0 Å². The predicted octanol–water partition coefficient (Wildman–Crippen LogP) is 5.56. The van der Waals surface area contributed by atoms with E-state index < -0.39 is 12.0 Å². The van der Waals surface area contributed by atoms with Crippen molar-refractivity contribution in [3.05, 3.63) is 113 Å². The monoisotopic (exact) mass is 692 g/mol. The van der Waals surface area contributed by atoms with Gasteiger partial charge in [0, 0.05) is 4.47 Å². The molecule has 2 heterocycles. The fourth-order valence-electron chi connectivity index (χ4n) is 4.97. The summed E-state index contributed by atoms with van der Waals surface area (Å²) in [6, 6.07) is 18.0. The van der Waals surface area contributed by atoms with Gasteiger partial charge in [0.1, 0.15) is 18.1 Å². The summed E-state index contributed by atoms with van der Waals surface area (Å²) in [6.45, 7) is 6.41. The predicted molar refractivity (Wildman–Crippen MR) is 176 cm³/mol. The van der Waals surface area contributed by atoms with E-state index in [1.54, 1.807) is 44.8 Å². The van der Waals surface area contributed by atoms with Gasteiger partial charge in [-0.1, -0.05) is 51.5 Å². The summed E-state index contributed by atoms with van der Waals surface area (Å²) in [5.41, 5.74) is 2.95. The van der Waals surface area contributed by atoms with E-state index in [9.17, 15) is 9.59 Å². The maximum atomic E-state index is 14.0. The molecule has 1 aromatic heterocycles. The Hall–Kier alpha value is -4.35. The van der Waals surface area contributed by atoms with Crippen molar-refractivity contribution < 1.29 is 28.5 Å². The van der Waals surface area contributed by atoms with Gasteiger partial charge in [0.25, 0.3) is 5.56 Å². The van der Waals surface area contributed by atoms with Gasteiger partial charge < -0.3 is 23.7 Å². The first-order chi connectivity index (χ1) is 21.8. The number of esters is 1. The highest BCUT2D eigenvalue weighted by Gasteiger charge is 2.35. The third-order valence-corrected chi connectivity index (χ3v) is 8.81. The first kappa shape index (κ1) is 32.1. The van der Waals surface area contributed by atoms with Crippen molar-refractivity contribution in [2.45, 2.75) is 33.4 Å². The second kappa shape index (κ2) is 14.2. The molecule has 1 atom stereocenters. The van der Waals surface area contributed by atoms with Crippen LogP contribution in [0.25, 0.3) is 6.08 Å². The standard InChI is InChI=1S/C34H33BrN2O7S/c1-6-42-28-18-26(35)25(17-27(28)41-5)31-30(33(39)43-7-2)20(3)36-34-37(31)32(38)29(45-34)16-21-8-14-24(15-9-21)44-19-22-10-12-23(40-4)13-11-22/h8-18,31H,6-7,19H2,1-5H3/b29-16+/t31-/m1/s1. The summed E-state index contributed by atoms with van der Waals surface area (Å²) in [6.07, 6.45) is 1.81. The van der Waals surface area contributed by atoms with Crippen molar-refractivity contribution in [2.75, 3.05) is 27.4 Å². The molecular formula is C34H33BrN2O7S. The van der Waals surface area contributed by atoms with E-state index in [4.69, 9.17) is 23.7 Å². The number of carbonyl (C=O) groups is 1. The lowest BCUT2D eigenvalue weighted by atomic mass is 9.95. The third-order valence-electron chi connectivity index (χ3n) is 7.14. The molecule has 11 heteroatoms. The normalized spacial score (nSPS) is 14.4. The third kappa shape index (κ3) is 6.84. The first-order valence-corrected chi connectivity index (χ1v) is 15.9. The molecule has 0 bridgehead atoms. The minimum Gasteiger partial charge on any atom is -0.497 e. The number of halogens is 1. The zero-order valence-corrected chi connectivity index (χ0v) is 28.0. The molecular weight excluding hydrogens is 660 g/mol. The SMILES string of the molecule is CCOC(=O)C1=C(C)N=c2s/c(=C/c3ccc(OCc4ccc(OC)cc4)cc3)c(=O)n2[C@@H]1c1cc(OC)c(OCC)cc1Br. The number of thiazole rings is 1. The van der Waals surface area contributed by atoms with Crippen LogP contribution < -0.4 is 33.8 Å². The second-order valence-corrected chi connectivity index (χ2v) is 11.8. The molecule has 3 aromatic carbocycles. The Balaban J connectivity index is 1.52. The summed E-state index contributed by atoms with van der Waals surface area (Å²) >= 11 is 4.91. The number of methoxy groups -OCH3 is 2. The van der Waals surface area contributed by atoms with Gasteiger partial charge in [-0.3, -0.25) is 9.36 Å². The molecule has 0 saturated heterocycles. The molecule has 0 N–H and O–H groups in total. The average Bonchev–Trinajstić information content (AvgIpc) is 3.34. The lowest BCUT2D eigenvalue weighted by Crippen LogP contribution is -2.40. The molecule has 1 aliphatic heterocycles. The number of rotatable bonds is 11. The van der Waals surface area contributed by atoms with E-state index in [2.05, 4.69) is 20.9 Å². The van der Waals surface area contributed by atoms with Gasteiger partial charge in [-0.05, 0) is 79.9 Å². The highest BCUT2D eigenvalue weighted by atomic mass is 79.9. The van der Waals surface area contributed by atoms with Crippen LogP contribution >= 0.6 is 27.3 Å². The van der Waals surface area contributed by atoms with Crippen molar-refractivity contribution in [3.63, 3.8) is 0 Å². The fraction of sp³-hybridized carbons (Fsp3) is 0.265. The Bertz CT molecular complexity index is 1910. The van der Waals surface area contributed by atoms with Gasteiger partial charge in [-0.25, -0.2) is 9.79 Å². The quantitative estimate of drug-likeness (QED) is 0.190. The van der Waals surface area contributed by atoms with Crippen molar-refractivity contribution in [1.29, 1.82) is 0 Å². The van der Waals surface area contributed by atoms with Crippen LogP contribution in [0.2, 0.25) is 0 Å². The molecule has 0 unspecified atom stereocenters. The number of aromatic nitrogens is 1. The van der Waals surface area contributed by atoms with Crippen LogP contribution in [0.1, 0.15) is 43.5 Å². The number of ether oxygens (including phenoxy) is 5. The summed E-state index contributed by atoms with van der Waals surface area (Å²) in [4.78, 5) is 32.5. The van der Waals surface area contributed by atoms with Crippen LogP contribution in [0.4, 0.5) is 0 Å². The Labute approximate surface area is 273 Å². The van der Waals surface area contributed by atoms with Gasteiger partial charge in [-0.15, -0.1) is 0 Å². The fourth-order valence-corrected chi connectivity index (χ4v) is 6.56. The Morgan fingerprint density at radius 3 is 2.31 bits per heavy atom. The molecule has 5 rings (SSSR count). The Morgan fingerprint density at radius 1 is 0.956 bits per heavy atom.